The van der Waals surface area contributed by atoms with Gasteiger partial charge in [-0.15, -0.1) is 10.2 Å². The summed E-state index contributed by atoms with van der Waals surface area (Å²) in [5.74, 6) is 1.43. The molecule has 4 nitrogen and oxygen atoms in total. The van der Waals surface area contributed by atoms with Crippen molar-refractivity contribution in [2.45, 2.75) is 30.6 Å². The minimum absolute atomic E-state index is 0.0376. The lowest BCUT2D eigenvalue weighted by Crippen LogP contribution is -2.07. The van der Waals surface area contributed by atoms with Crippen LogP contribution >= 0.6 is 11.8 Å². The monoisotopic (exact) mass is 393 g/mol. The molecule has 0 spiro atoms. The molecule has 2 aromatic carbocycles. The number of hydrogen-bond donors (Lipinski definition) is 0. The van der Waals surface area contributed by atoms with Crippen LogP contribution in [0.15, 0.2) is 53.7 Å². The van der Waals surface area contributed by atoms with Crippen molar-refractivity contribution in [1.82, 2.24) is 14.8 Å². The third kappa shape index (κ3) is 5.03. The first-order valence-corrected chi connectivity index (χ1v) is 9.18. The van der Waals surface area contributed by atoms with E-state index in [1.54, 1.807) is 4.57 Å². The van der Waals surface area contributed by atoms with E-state index in [2.05, 4.69) is 34.5 Å². The van der Waals surface area contributed by atoms with Crippen LogP contribution in [0.4, 0.5) is 13.2 Å². The van der Waals surface area contributed by atoms with Crippen LogP contribution in [0.25, 0.3) is 0 Å². The largest absolute Gasteiger partial charge is 0.486 e. The van der Waals surface area contributed by atoms with E-state index < -0.39 is 11.7 Å². The Morgan fingerprint density at radius 1 is 1.07 bits per heavy atom. The second kappa shape index (κ2) is 8.04. The smallest absolute Gasteiger partial charge is 0.416 e. The first-order valence-electron chi connectivity index (χ1n) is 8.19. The van der Waals surface area contributed by atoms with Crippen LogP contribution in [0, 0.1) is 6.92 Å². The van der Waals surface area contributed by atoms with Crippen molar-refractivity contribution in [3.8, 4) is 5.75 Å². The van der Waals surface area contributed by atoms with Crippen molar-refractivity contribution < 1.29 is 17.9 Å². The SMILES string of the molecule is Cc1ccc(CSc2nnc(COc3cccc(C(F)(F)F)c3)n2C)cc1. The van der Waals surface area contributed by atoms with Gasteiger partial charge in [0, 0.05) is 12.8 Å². The molecule has 3 aromatic rings. The molecule has 8 heteroatoms. The Kier molecular flexibility index (Phi) is 5.74. The molecule has 0 N–H and O–H groups in total. The van der Waals surface area contributed by atoms with Crippen molar-refractivity contribution in [2.75, 3.05) is 0 Å². The van der Waals surface area contributed by atoms with Crippen molar-refractivity contribution in [3.05, 3.63) is 71.0 Å². The second-order valence-corrected chi connectivity index (χ2v) is 6.99. The molecule has 27 heavy (non-hydrogen) atoms. The zero-order valence-electron chi connectivity index (χ0n) is 14.8. The Balaban J connectivity index is 1.61. The highest BCUT2D eigenvalue weighted by Crippen LogP contribution is 2.31. The average Bonchev–Trinajstić information content (AvgIpc) is 2.99. The van der Waals surface area contributed by atoms with Crippen LogP contribution in [-0.4, -0.2) is 14.8 Å². The van der Waals surface area contributed by atoms with Gasteiger partial charge in [0.2, 0.25) is 0 Å². The van der Waals surface area contributed by atoms with Gasteiger partial charge in [-0.2, -0.15) is 13.2 Å². The summed E-state index contributed by atoms with van der Waals surface area (Å²) < 4.78 is 45.5. The first kappa shape index (κ1) is 19.3. The van der Waals surface area contributed by atoms with Gasteiger partial charge in [-0.3, -0.25) is 0 Å². The molecule has 0 aliphatic carbocycles. The van der Waals surface area contributed by atoms with Crippen LogP contribution in [-0.2, 0) is 25.6 Å². The fourth-order valence-electron chi connectivity index (χ4n) is 2.34. The molecule has 0 radical (unpaired) electrons. The summed E-state index contributed by atoms with van der Waals surface area (Å²) in [5.41, 5.74) is 1.64. The fraction of sp³-hybridized carbons (Fsp3) is 0.263. The van der Waals surface area contributed by atoms with E-state index in [-0.39, 0.29) is 12.4 Å². The number of ether oxygens (including phenoxy) is 1. The summed E-state index contributed by atoms with van der Waals surface area (Å²) in [6.45, 7) is 2.08. The Bertz CT molecular complexity index is 907. The molecule has 0 saturated heterocycles. The maximum atomic E-state index is 12.8. The maximum absolute atomic E-state index is 12.8. The van der Waals surface area contributed by atoms with Crippen LogP contribution < -0.4 is 4.74 Å². The Labute approximate surface area is 159 Å². The number of alkyl halides is 3. The van der Waals surface area contributed by atoms with Gasteiger partial charge < -0.3 is 9.30 Å². The number of halogens is 3. The minimum Gasteiger partial charge on any atom is -0.486 e. The highest BCUT2D eigenvalue weighted by molar-refractivity contribution is 7.98. The molecule has 0 saturated carbocycles. The molecule has 3 rings (SSSR count). The summed E-state index contributed by atoms with van der Waals surface area (Å²) in [7, 11) is 1.81. The van der Waals surface area contributed by atoms with Gasteiger partial charge in [0.15, 0.2) is 11.0 Å². The lowest BCUT2D eigenvalue weighted by atomic mass is 10.2. The van der Waals surface area contributed by atoms with Gasteiger partial charge in [-0.25, -0.2) is 0 Å². The summed E-state index contributed by atoms with van der Waals surface area (Å²) >= 11 is 1.54. The number of thioether (sulfide) groups is 1. The number of benzene rings is 2. The molecular weight excluding hydrogens is 375 g/mol. The minimum atomic E-state index is -4.40. The van der Waals surface area contributed by atoms with E-state index in [0.717, 1.165) is 23.0 Å². The van der Waals surface area contributed by atoms with E-state index in [1.807, 2.05) is 14.0 Å². The van der Waals surface area contributed by atoms with Gasteiger partial charge in [0.05, 0.1) is 5.56 Å². The zero-order valence-corrected chi connectivity index (χ0v) is 15.6. The molecule has 1 aromatic heterocycles. The second-order valence-electron chi connectivity index (χ2n) is 6.05. The van der Waals surface area contributed by atoms with Crippen LogP contribution in [0.5, 0.6) is 5.75 Å². The molecule has 0 unspecified atom stereocenters. The van der Waals surface area contributed by atoms with E-state index in [1.165, 1.54) is 35.0 Å². The molecule has 0 atom stereocenters. The van der Waals surface area contributed by atoms with Crippen LogP contribution in [0.2, 0.25) is 0 Å². The quantitative estimate of drug-likeness (QED) is 0.552. The zero-order chi connectivity index (χ0) is 19.4. The summed E-state index contributed by atoms with van der Waals surface area (Å²) in [6.07, 6.45) is -4.40. The normalized spacial score (nSPS) is 11.6. The molecular formula is C19H18F3N3OS. The average molecular weight is 393 g/mol. The van der Waals surface area contributed by atoms with E-state index in [0.29, 0.717) is 5.82 Å². The molecule has 0 aliphatic rings. The van der Waals surface area contributed by atoms with Gasteiger partial charge >= 0.3 is 6.18 Å². The highest BCUT2D eigenvalue weighted by Gasteiger charge is 2.30. The molecule has 0 amide bonds. The number of aromatic nitrogens is 3. The lowest BCUT2D eigenvalue weighted by Gasteiger charge is -2.10. The number of nitrogens with zero attached hydrogens (tertiary/aromatic N) is 3. The Morgan fingerprint density at radius 2 is 1.81 bits per heavy atom. The fourth-order valence-corrected chi connectivity index (χ4v) is 3.22. The van der Waals surface area contributed by atoms with Crippen LogP contribution in [0.3, 0.4) is 0 Å². The predicted molar refractivity (Wildman–Crippen MR) is 97.5 cm³/mol. The number of rotatable bonds is 6. The van der Waals surface area contributed by atoms with Gasteiger partial charge in [-0.1, -0.05) is 47.7 Å². The number of aryl methyl sites for hydroxylation is 1. The van der Waals surface area contributed by atoms with Crippen molar-refractivity contribution >= 4 is 11.8 Å². The van der Waals surface area contributed by atoms with Crippen LogP contribution in [0.1, 0.15) is 22.5 Å². The predicted octanol–water partition coefficient (Wildman–Crippen LogP) is 5.01. The summed E-state index contributed by atoms with van der Waals surface area (Å²) in [6, 6.07) is 13.0. The molecule has 142 valence electrons. The van der Waals surface area contributed by atoms with E-state index in [4.69, 9.17) is 4.74 Å². The van der Waals surface area contributed by atoms with Crippen molar-refractivity contribution in [2.24, 2.45) is 7.05 Å². The molecule has 0 bridgehead atoms. The molecule has 1 heterocycles. The van der Waals surface area contributed by atoms with Crippen molar-refractivity contribution in [3.63, 3.8) is 0 Å². The van der Waals surface area contributed by atoms with Gasteiger partial charge in [0.25, 0.3) is 0 Å². The highest BCUT2D eigenvalue weighted by atomic mass is 32.2. The third-order valence-electron chi connectivity index (χ3n) is 3.94. The first-order chi connectivity index (χ1) is 12.8. The van der Waals surface area contributed by atoms with Gasteiger partial charge in [0.1, 0.15) is 12.4 Å². The standard InChI is InChI=1S/C19H18F3N3OS/c1-13-6-8-14(9-7-13)12-27-18-24-23-17(25(18)2)11-26-16-5-3-4-15(10-16)19(20,21)22/h3-10H,11-12H2,1-2H3. The van der Waals surface area contributed by atoms with Gasteiger partial charge in [-0.05, 0) is 30.7 Å². The van der Waals surface area contributed by atoms with E-state index >= 15 is 0 Å². The summed E-state index contributed by atoms with van der Waals surface area (Å²) in [4.78, 5) is 0. The Morgan fingerprint density at radius 3 is 2.52 bits per heavy atom. The van der Waals surface area contributed by atoms with E-state index in [9.17, 15) is 13.2 Å². The summed E-state index contributed by atoms with van der Waals surface area (Å²) in [5, 5.41) is 8.93. The number of hydrogen-bond acceptors (Lipinski definition) is 4. The maximum Gasteiger partial charge on any atom is 0.416 e. The molecule has 0 aliphatic heterocycles. The topological polar surface area (TPSA) is 39.9 Å². The lowest BCUT2D eigenvalue weighted by molar-refractivity contribution is -0.137. The Hall–Kier alpha value is -2.48. The molecule has 0 fully saturated rings. The third-order valence-corrected chi connectivity index (χ3v) is 5.03. The van der Waals surface area contributed by atoms with Crippen molar-refractivity contribution in [1.29, 1.82) is 0 Å².